The third kappa shape index (κ3) is 1.71. The van der Waals surface area contributed by atoms with Crippen LogP contribution in [0.4, 0.5) is 10.5 Å². The van der Waals surface area contributed by atoms with Crippen LogP contribution in [0.15, 0.2) is 24.3 Å². The molecule has 5 nitrogen and oxygen atoms in total. The normalized spacial score (nSPS) is 26.4. The Morgan fingerprint density at radius 3 is 3.22 bits per heavy atom. The van der Waals surface area contributed by atoms with E-state index in [0.29, 0.717) is 12.1 Å². The number of amides is 1. The first-order valence-corrected chi connectivity index (χ1v) is 6.00. The van der Waals surface area contributed by atoms with Crippen molar-refractivity contribution in [2.24, 2.45) is 0 Å². The van der Waals surface area contributed by atoms with E-state index in [9.17, 15) is 4.79 Å². The van der Waals surface area contributed by atoms with Gasteiger partial charge in [0.1, 0.15) is 6.10 Å². The Kier molecular flexibility index (Phi) is 2.65. The minimum Gasteiger partial charge on any atom is -0.442 e. The second-order valence-corrected chi connectivity index (χ2v) is 4.51. The molecule has 2 atom stereocenters. The maximum atomic E-state index is 11.9. The monoisotopic (exact) mass is 243 g/mol. The fourth-order valence-corrected chi connectivity index (χ4v) is 2.58. The molecule has 1 amide bonds. The summed E-state index contributed by atoms with van der Waals surface area (Å²) in [5, 5.41) is 12.1. The molecule has 1 aromatic rings. The second-order valence-electron chi connectivity index (χ2n) is 4.51. The largest absolute Gasteiger partial charge is 0.442 e. The van der Waals surface area contributed by atoms with Crippen LogP contribution in [0.5, 0.6) is 0 Å². The molecule has 0 radical (unpaired) electrons. The number of carbonyl (C=O) groups is 1. The molecule has 0 spiro atoms. The van der Waals surface area contributed by atoms with Gasteiger partial charge in [-0.05, 0) is 31.2 Å². The Labute approximate surface area is 105 Å². The standard InChI is InChI=1S/C13H13N3O2/c14-7-9-2-1-3-10(6-9)16-11-4-5-15-8-12(11)18-13(16)17/h1-3,6,11-12,15H,4-5,8H2. The lowest BCUT2D eigenvalue weighted by Gasteiger charge is -2.28. The van der Waals surface area contributed by atoms with Gasteiger partial charge in [-0.2, -0.15) is 5.26 Å². The molecule has 18 heavy (non-hydrogen) atoms. The summed E-state index contributed by atoms with van der Waals surface area (Å²) in [5.41, 5.74) is 1.30. The van der Waals surface area contributed by atoms with E-state index in [1.54, 1.807) is 23.1 Å². The number of anilines is 1. The molecule has 2 fully saturated rings. The minimum atomic E-state index is -0.316. The van der Waals surface area contributed by atoms with Crippen LogP contribution < -0.4 is 10.2 Å². The number of nitriles is 1. The Morgan fingerprint density at radius 1 is 1.50 bits per heavy atom. The van der Waals surface area contributed by atoms with Crippen molar-refractivity contribution in [1.82, 2.24) is 5.32 Å². The van der Waals surface area contributed by atoms with Crippen molar-refractivity contribution in [2.45, 2.75) is 18.6 Å². The van der Waals surface area contributed by atoms with Crippen molar-refractivity contribution in [1.29, 1.82) is 5.26 Å². The van der Waals surface area contributed by atoms with Gasteiger partial charge in [0.25, 0.3) is 0 Å². The zero-order valence-corrected chi connectivity index (χ0v) is 9.80. The van der Waals surface area contributed by atoms with E-state index >= 15 is 0 Å². The molecule has 0 aliphatic carbocycles. The molecular weight excluding hydrogens is 230 g/mol. The topological polar surface area (TPSA) is 65.4 Å². The maximum absolute atomic E-state index is 11.9. The number of ether oxygens (including phenoxy) is 1. The number of carbonyl (C=O) groups excluding carboxylic acids is 1. The van der Waals surface area contributed by atoms with Gasteiger partial charge in [-0.1, -0.05) is 6.07 Å². The van der Waals surface area contributed by atoms with Crippen molar-refractivity contribution in [3.8, 4) is 6.07 Å². The number of hydrogen-bond acceptors (Lipinski definition) is 4. The van der Waals surface area contributed by atoms with E-state index in [1.165, 1.54) is 0 Å². The van der Waals surface area contributed by atoms with Gasteiger partial charge in [0, 0.05) is 12.2 Å². The Bertz CT molecular complexity index is 523. The lowest BCUT2D eigenvalue weighted by Crippen LogP contribution is -2.47. The first-order chi connectivity index (χ1) is 8.79. The fraction of sp³-hybridized carbons (Fsp3) is 0.385. The summed E-state index contributed by atoms with van der Waals surface area (Å²) < 4.78 is 5.35. The Hall–Kier alpha value is -2.06. The summed E-state index contributed by atoms with van der Waals surface area (Å²) in [7, 11) is 0. The summed E-state index contributed by atoms with van der Waals surface area (Å²) in [4.78, 5) is 13.6. The summed E-state index contributed by atoms with van der Waals surface area (Å²) >= 11 is 0. The van der Waals surface area contributed by atoms with Crippen LogP contribution in [0.1, 0.15) is 12.0 Å². The predicted molar refractivity (Wildman–Crippen MR) is 65.2 cm³/mol. The molecule has 1 N–H and O–H groups in total. The van der Waals surface area contributed by atoms with Crippen LogP contribution in [-0.2, 0) is 4.74 Å². The van der Waals surface area contributed by atoms with Crippen molar-refractivity contribution in [3.05, 3.63) is 29.8 Å². The van der Waals surface area contributed by atoms with Gasteiger partial charge in [-0.25, -0.2) is 4.79 Å². The van der Waals surface area contributed by atoms with Crippen LogP contribution in [0.3, 0.4) is 0 Å². The molecule has 0 bridgehead atoms. The molecule has 5 heteroatoms. The van der Waals surface area contributed by atoms with Crippen molar-refractivity contribution >= 4 is 11.8 Å². The molecule has 0 aromatic heterocycles. The second kappa shape index (κ2) is 4.31. The third-order valence-corrected chi connectivity index (χ3v) is 3.43. The highest BCUT2D eigenvalue weighted by Crippen LogP contribution is 2.30. The number of nitrogens with zero attached hydrogens (tertiary/aromatic N) is 2. The van der Waals surface area contributed by atoms with E-state index in [0.717, 1.165) is 18.7 Å². The van der Waals surface area contributed by atoms with Gasteiger partial charge >= 0.3 is 6.09 Å². The molecule has 2 saturated heterocycles. The third-order valence-electron chi connectivity index (χ3n) is 3.43. The molecule has 3 rings (SSSR count). The molecule has 2 heterocycles. The lowest BCUT2D eigenvalue weighted by atomic mass is 10.0. The lowest BCUT2D eigenvalue weighted by molar-refractivity contribution is 0.121. The average molecular weight is 243 g/mol. The maximum Gasteiger partial charge on any atom is 0.415 e. The highest BCUT2D eigenvalue weighted by atomic mass is 16.6. The molecular formula is C13H13N3O2. The zero-order chi connectivity index (χ0) is 12.5. The van der Waals surface area contributed by atoms with E-state index in [2.05, 4.69) is 11.4 Å². The van der Waals surface area contributed by atoms with Crippen LogP contribution >= 0.6 is 0 Å². The summed E-state index contributed by atoms with van der Waals surface area (Å²) in [5.74, 6) is 0. The Morgan fingerprint density at radius 2 is 2.39 bits per heavy atom. The van der Waals surface area contributed by atoms with Crippen molar-refractivity contribution in [3.63, 3.8) is 0 Å². The number of hydrogen-bond donors (Lipinski definition) is 1. The smallest absolute Gasteiger partial charge is 0.415 e. The zero-order valence-electron chi connectivity index (χ0n) is 9.80. The van der Waals surface area contributed by atoms with Crippen molar-refractivity contribution < 1.29 is 9.53 Å². The highest BCUT2D eigenvalue weighted by Gasteiger charge is 2.43. The van der Waals surface area contributed by atoms with Gasteiger partial charge in [-0.15, -0.1) is 0 Å². The van der Waals surface area contributed by atoms with Gasteiger partial charge in [0.2, 0.25) is 0 Å². The molecule has 1 aromatic carbocycles. The van der Waals surface area contributed by atoms with Crippen molar-refractivity contribution in [2.75, 3.05) is 18.0 Å². The first-order valence-electron chi connectivity index (χ1n) is 6.00. The SMILES string of the molecule is N#Cc1cccc(N2C(=O)OC3CNCCC32)c1. The van der Waals surface area contributed by atoms with Gasteiger partial charge in [0.15, 0.2) is 0 Å². The number of fused-ring (bicyclic) bond motifs is 1. The predicted octanol–water partition coefficient (Wildman–Crippen LogP) is 1.25. The number of nitrogens with one attached hydrogen (secondary N) is 1. The minimum absolute atomic E-state index is 0.0766. The number of rotatable bonds is 1. The molecule has 2 unspecified atom stereocenters. The molecule has 92 valence electrons. The van der Waals surface area contributed by atoms with E-state index < -0.39 is 0 Å². The Balaban J connectivity index is 1.94. The van der Waals surface area contributed by atoms with Gasteiger partial charge < -0.3 is 10.1 Å². The van der Waals surface area contributed by atoms with E-state index in [1.807, 2.05) is 6.07 Å². The molecule has 2 aliphatic heterocycles. The van der Waals surface area contributed by atoms with Crippen LogP contribution in [-0.4, -0.2) is 31.3 Å². The number of benzene rings is 1. The highest BCUT2D eigenvalue weighted by molar-refractivity contribution is 5.91. The van der Waals surface area contributed by atoms with Crippen LogP contribution in [0, 0.1) is 11.3 Å². The number of piperidine rings is 1. The quantitative estimate of drug-likeness (QED) is 0.806. The average Bonchev–Trinajstić information content (AvgIpc) is 2.74. The molecule has 2 aliphatic rings. The van der Waals surface area contributed by atoms with E-state index in [-0.39, 0.29) is 18.2 Å². The summed E-state index contributed by atoms with van der Waals surface area (Å²) in [6.07, 6.45) is 0.466. The van der Waals surface area contributed by atoms with Gasteiger partial charge in [0.05, 0.1) is 17.7 Å². The fourth-order valence-electron chi connectivity index (χ4n) is 2.58. The summed E-state index contributed by atoms with van der Waals surface area (Å²) in [6, 6.07) is 9.25. The molecule has 0 saturated carbocycles. The van der Waals surface area contributed by atoms with Crippen LogP contribution in [0.2, 0.25) is 0 Å². The summed E-state index contributed by atoms with van der Waals surface area (Å²) in [6.45, 7) is 1.58. The van der Waals surface area contributed by atoms with Gasteiger partial charge in [-0.3, -0.25) is 4.90 Å². The first kappa shape index (κ1) is 11.1. The van der Waals surface area contributed by atoms with E-state index in [4.69, 9.17) is 10.00 Å². The van der Waals surface area contributed by atoms with Crippen LogP contribution in [0.25, 0.3) is 0 Å².